The van der Waals surface area contributed by atoms with Crippen LogP contribution in [0.4, 0.5) is 5.69 Å². The molecule has 24 heavy (non-hydrogen) atoms. The molecule has 0 fully saturated rings. The van der Waals surface area contributed by atoms with E-state index in [2.05, 4.69) is 17.4 Å². The molecule has 0 bridgehead atoms. The van der Waals surface area contributed by atoms with Crippen LogP contribution in [0.5, 0.6) is 5.75 Å². The number of phenols is 1. The fourth-order valence-electron chi connectivity index (χ4n) is 3.15. The summed E-state index contributed by atoms with van der Waals surface area (Å²) in [5.41, 5.74) is 3.21. The van der Waals surface area contributed by atoms with E-state index in [0.29, 0.717) is 5.69 Å². The summed E-state index contributed by atoms with van der Waals surface area (Å²) < 4.78 is 0. The van der Waals surface area contributed by atoms with Gasteiger partial charge in [0.2, 0.25) is 5.91 Å². The zero-order chi connectivity index (χ0) is 17.3. The van der Waals surface area contributed by atoms with Gasteiger partial charge in [0, 0.05) is 25.7 Å². The van der Waals surface area contributed by atoms with Crippen molar-refractivity contribution >= 4 is 17.5 Å². The van der Waals surface area contributed by atoms with Crippen molar-refractivity contribution in [2.45, 2.75) is 25.8 Å². The van der Waals surface area contributed by atoms with Gasteiger partial charge in [-0.3, -0.25) is 9.59 Å². The van der Waals surface area contributed by atoms with E-state index in [1.165, 1.54) is 30.2 Å². The quantitative estimate of drug-likeness (QED) is 0.853. The molecule has 2 amide bonds. The Hall–Kier alpha value is -2.82. The number of hydrogen-bond donors (Lipinski definition) is 2. The molecule has 0 aliphatic heterocycles. The summed E-state index contributed by atoms with van der Waals surface area (Å²) in [6.07, 6.45) is 1.62. The molecule has 0 aromatic heterocycles. The second-order valence-electron chi connectivity index (χ2n) is 6.16. The number of hydrogen-bond acceptors (Lipinski definition) is 3. The maximum Gasteiger partial charge on any atom is 0.257 e. The lowest BCUT2D eigenvalue weighted by Gasteiger charge is -2.25. The molecule has 2 aromatic rings. The van der Waals surface area contributed by atoms with Gasteiger partial charge >= 0.3 is 0 Å². The SMILES string of the molecule is CC(=O)Nc1ccc(O)c(C(=O)N(C)C2Cc3ccccc3C2)c1. The fourth-order valence-corrected chi connectivity index (χ4v) is 3.15. The summed E-state index contributed by atoms with van der Waals surface area (Å²) in [6, 6.07) is 12.8. The number of aromatic hydroxyl groups is 1. The molecule has 5 nitrogen and oxygen atoms in total. The summed E-state index contributed by atoms with van der Waals surface area (Å²) in [5, 5.41) is 12.7. The summed E-state index contributed by atoms with van der Waals surface area (Å²) in [7, 11) is 1.75. The van der Waals surface area contributed by atoms with Crippen molar-refractivity contribution in [2.75, 3.05) is 12.4 Å². The molecule has 1 aliphatic carbocycles. The highest BCUT2D eigenvalue weighted by molar-refractivity contribution is 5.99. The van der Waals surface area contributed by atoms with Crippen molar-refractivity contribution < 1.29 is 14.7 Å². The second kappa shape index (κ2) is 6.35. The molecule has 0 heterocycles. The summed E-state index contributed by atoms with van der Waals surface area (Å²) in [4.78, 5) is 25.6. The van der Waals surface area contributed by atoms with E-state index < -0.39 is 0 Å². The first kappa shape index (κ1) is 16.1. The molecule has 2 N–H and O–H groups in total. The highest BCUT2D eigenvalue weighted by Crippen LogP contribution is 2.28. The Morgan fingerprint density at radius 3 is 2.33 bits per heavy atom. The van der Waals surface area contributed by atoms with Crippen molar-refractivity contribution in [3.63, 3.8) is 0 Å². The van der Waals surface area contributed by atoms with E-state index in [0.717, 1.165) is 12.8 Å². The summed E-state index contributed by atoms with van der Waals surface area (Å²) >= 11 is 0. The third-order valence-corrected chi connectivity index (χ3v) is 4.44. The topological polar surface area (TPSA) is 69.6 Å². The van der Waals surface area contributed by atoms with Gasteiger partial charge in [0.15, 0.2) is 0 Å². The molecule has 3 rings (SSSR count). The fraction of sp³-hybridized carbons (Fsp3) is 0.263. The van der Waals surface area contributed by atoms with Crippen LogP contribution in [0.1, 0.15) is 28.4 Å². The lowest BCUT2D eigenvalue weighted by atomic mass is 10.1. The van der Waals surface area contributed by atoms with Crippen LogP contribution in [-0.2, 0) is 17.6 Å². The molecule has 0 saturated heterocycles. The third kappa shape index (κ3) is 3.11. The van der Waals surface area contributed by atoms with Crippen LogP contribution in [0.3, 0.4) is 0 Å². The molecule has 0 unspecified atom stereocenters. The van der Waals surface area contributed by atoms with E-state index >= 15 is 0 Å². The van der Waals surface area contributed by atoms with Crippen LogP contribution in [0.25, 0.3) is 0 Å². The zero-order valence-corrected chi connectivity index (χ0v) is 13.7. The van der Waals surface area contributed by atoms with Crippen LogP contribution in [0.15, 0.2) is 42.5 Å². The molecule has 0 atom stereocenters. The number of benzene rings is 2. The Balaban J connectivity index is 1.80. The highest BCUT2D eigenvalue weighted by atomic mass is 16.3. The maximum atomic E-state index is 12.8. The number of anilines is 1. The van der Waals surface area contributed by atoms with E-state index in [1.807, 2.05) is 12.1 Å². The maximum absolute atomic E-state index is 12.8. The lowest BCUT2D eigenvalue weighted by molar-refractivity contribution is -0.114. The van der Waals surface area contributed by atoms with E-state index in [9.17, 15) is 14.7 Å². The molecule has 0 saturated carbocycles. The average molecular weight is 324 g/mol. The van der Waals surface area contributed by atoms with Crippen LogP contribution in [-0.4, -0.2) is 34.9 Å². The predicted molar refractivity (Wildman–Crippen MR) is 92.1 cm³/mol. The molecular formula is C19H20N2O3. The number of phenolic OH excluding ortho intramolecular Hbond substituents is 1. The van der Waals surface area contributed by atoms with Crippen molar-refractivity contribution in [3.8, 4) is 5.75 Å². The number of fused-ring (bicyclic) bond motifs is 1. The Morgan fingerprint density at radius 2 is 1.75 bits per heavy atom. The highest BCUT2D eigenvalue weighted by Gasteiger charge is 2.29. The number of rotatable bonds is 3. The van der Waals surface area contributed by atoms with E-state index in [4.69, 9.17) is 0 Å². The number of carbonyl (C=O) groups excluding carboxylic acids is 2. The van der Waals surface area contributed by atoms with Gasteiger partial charge in [-0.05, 0) is 42.2 Å². The Morgan fingerprint density at radius 1 is 1.12 bits per heavy atom. The van der Waals surface area contributed by atoms with Crippen LogP contribution in [0, 0.1) is 0 Å². The molecule has 5 heteroatoms. The minimum atomic E-state index is -0.252. The average Bonchev–Trinajstić information content (AvgIpc) is 2.99. The number of carbonyl (C=O) groups is 2. The lowest BCUT2D eigenvalue weighted by Crippen LogP contribution is -2.37. The Kier molecular flexibility index (Phi) is 4.25. The van der Waals surface area contributed by atoms with Crippen molar-refractivity contribution in [2.24, 2.45) is 0 Å². The minimum absolute atomic E-state index is 0.0683. The zero-order valence-electron chi connectivity index (χ0n) is 13.7. The van der Waals surface area contributed by atoms with Gasteiger partial charge < -0.3 is 15.3 Å². The smallest absolute Gasteiger partial charge is 0.257 e. The molecule has 0 spiro atoms. The first-order valence-electron chi connectivity index (χ1n) is 7.90. The Labute approximate surface area is 140 Å². The van der Waals surface area contributed by atoms with Crippen molar-refractivity contribution in [3.05, 3.63) is 59.2 Å². The van der Waals surface area contributed by atoms with Gasteiger partial charge in [-0.15, -0.1) is 0 Å². The van der Waals surface area contributed by atoms with Crippen molar-refractivity contribution in [1.82, 2.24) is 4.90 Å². The number of likely N-dealkylation sites (N-methyl/N-ethyl adjacent to an activating group) is 1. The molecule has 124 valence electrons. The first-order chi connectivity index (χ1) is 11.5. The first-order valence-corrected chi connectivity index (χ1v) is 7.90. The van der Waals surface area contributed by atoms with Gasteiger partial charge in [0.25, 0.3) is 5.91 Å². The predicted octanol–water partition coefficient (Wildman–Crippen LogP) is 2.59. The minimum Gasteiger partial charge on any atom is -0.507 e. The van der Waals surface area contributed by atoms with Crippen molar-refractivity contribution in [1.29, 1.82) is 0 Å². The molecular weight excluding hydrogens is 304 g/mol. The van der Waals surface area contributed by atoms with E-state index in [1.54, 1.807) is 18.0 Å². The normalized spacial score (nSPS) is 13.4. The monoisotopic (exact) mass is 324 g/mol. The van der Waals surface area contributed by atoms with Gasteiger partial charge in [0.1, 0.15) is 5.75 Å². The largest absolute Gasteiger partial charge is 0.507 e. The number of nitrogens with one attached hydrogen (secondary N) is 1. The molecule has 0 radical (unpaired) electrons. The van der Waals surface area contributed by atoms with Gasteiger partial charge in [-0.25, -0.2) is 0 Å². The summed E-state index contributed by atoms with van der Waals surface area (Å²) in [5.74, 6) is -0.562. The van der Waals surface area contributed by atoms with Crippen LogP contribution >= 0.6 is 0 Å². The second-order valence-corrected chi connectivity index (χ2v) is 6.16. The van der Waals surface area contributed by atoms with Crippen LogP contribution < -0.4 is 5.32 Å². The standard InChI is InChI=1S/C19H20N2O3/c1-12(22)20-15-7-8-18(23)17(11-15)19(24)21(2)16-9-13-5-3-4-6-14(13)10-16/h3-8,11,16,23H,9-10H2,1-2H3,(H,20,22). The van der Waals surface area contributed by atoms with Gasteiger partial charge in [-0.1, -0.05) is 24.3 Å². The van der Waals surface area contributed by atoms with Gasteiger partial charge in [-0.2, -0.15) is 0 Å². The van der Waals surface area contributed by atoms with Gasteiger partial charge in [0.05, 0.1) is 5.56 Å². The molecule has 2 aromatic carbocycles. The third-order valence-electron chi connectivity index (χ3n) is 4.44. The number of nitrogens with zero attached hydrogens (tertiary/aromatic N) is 1. The van der Waals surface area contributed by atoms with E-state index in [-0.39, 0.29) is 29.2 Å². The number of amides is 2. The Bertz CT molecular complexity index is 776. The van der Waals surface area contributed by atoms with Crippen LogP contribution in [0.2, 0.25) is 0 Å². The molecule has 1 aliphatic rings. The summed E-state index contributed by atoms with van der Waals surface area (Å²) in [6.45, 7) is 1.40.